The number of hydrogen-bond donors (Lipinski definition) is 0. The molecule has 2 aliphatic rings. The van der Waals surface area contributed by atoms with Crippen molar-refractivity contribution < 1.29 is 5.48 Å². The minimum absolute atomic E-state index is 0.00601. The monoisotopic (exact) mass is 752 g/mol. The van der Waals surface area contributed by atoms with Crippen LogP contribution >= 0.6 is 0 Å². The van der Waals surface area contributed by atoms with Crippen molar-refractivity contribution in [3.05, 3.63) is 241 Å². The third kappa shape index (κ3) is 4.35. The Balaban J connectivity index is 1.15. The number of nitrogens with zero attached hydrogens (tertiary/aromatic N) is 2. The molecule has 1 spiro atoms. The van der Waals surface area contributed by atoms with Gasteiger partial charge in [0, 0.05) is 33.2 Å². The lowest BCUT2D eigenvalue weighted by Gasteiger charge is -2.40. The zero-order valence-corrected chi connectivity index (χ0v) is 31.9. The smallest absolute Gasteiger partial charge is 0.0725 e. The van der Waals surface area contributed by atoms with Crippen molar-refractivity contribution in [3.8, 4) is 27.9 Å². The molecule has 1 heterocycles. The van der Waals surface area contributed by atoms with E-state index in [1.165, 1.54) is 16.2 Å². The number of aromatic nitrogens is 1. The number of hydrogen-bond acceptors (Lipinski definition) is 1. The van der Waals surface area contributed by atoms with Crippen LogP contribution in [0.2, 0.25) is 0 Å². The summed E-state index contributed by atoms with van der Waals surface area (Å²) in [5, 5.41) is 6.79. The van der Waals surface area contributed by atoms with Gasteiger partial charge in [0.2, 0.25) is 0 Å². The van der Waals surface area contributed by atoms with Gasteiger partial charge in [0.1, 0.15) is 0 Å². The third-order valence-corrected chi connectivity index (χ3v) is 12.9. The maximum absolute atomic E-state index is 9.65. The van der Waals surface area contributed by atoms with E-state index in [9.17, 15) is 2.74 Å². The minimum atomic E-state index is -1.01. The van der Waals surface area contributed by atoms with Crippen molar-refractivity contribution in [2.24, 2.45) is 0 Å². The highest BCUT2D eigenvalue weighted by molar-refractivity contribution is 6.14. The Kier molecular flexibility index (Phi) is 5.91. The predicted molar refractivity (Wildman–Crippen MR) is 247 cm³/mol. The molecule has 1 atom stereocenters. The first-order chi connectivity index (χ1) is 30.9. The topological polar surface area (TPSA) is 8.17 Å². The Morgan fingerprint density at radius 3 is 1.92 bits per heavy atom. The SMILES string of the molecule is [2H]c1c([2H])c([2H])c2c(c1[2H])-c1ccccc1C21c2ccccc2-c2cccc3c(N(c4ccc5ccccc5c4)c4ccc5c6ccccc6n(-c6ccccc6)c5c4)ccc1c23. The highest BCUT2D eigenvalue weighted by atomic mass is 15.1. The largest absolute Gasteiger partial charge is 0.310 e. The van der Waals surface area contributed by atoms with Crippen molar-refractivity contribution >= 4 is 60.4 Å². The maximum atomic E-state index is 9.65. The van der Waals surface area contributed by atoms with Crippen LogP contribution in [-0.2, 0) is 5.41 Å². The third-order valence-electron chi connectivity index (χ3n) is 12.9. The first-order valence-corrected chi connectivity index (χ1v) is 20.2. The van der Waals surface area contributed by atoms with Crippen LogP contribution in [0.3, 0.4) is 0 Å². The van der Waals surface area contributed by atoms with E-state index in [-0.39, 0.29) is 24.2 Å². The van der Waals surface area contributed by atoms with E-state index in [1.807, 2.05) is 18.2 Å². The maximum Gasteiger partial charge on any atom is 0.0725 e. The van der Waals surface area contributed by atoms with Crippen molar-refractivity contribution in [2.45, 2.75) is 5.41 Å². The van der Waals surface area contributed by atoms with Crippen LogP contribution in [0.4, 0.5) is 17.1 Å². The van der Waals surface area contributed by atoms with E-state index in [0.717, 1.165) is 83.3 Å². The fourth-order valence-electron chi connectivity index (χ4n) is 10.5. The zero-order chi connectivity index (χ0) is 42.1. The van der Waals surface area contributed by atoms with E-state index in [4.69, 9.17) is 2.74 Å². The second-order valence-electron chi connectivity index (χ2n) is 15.7. The molecule has 0 amide bonds. The standard InChI is InChI=1S/C57H36N2/c1-2-17-39(18-3-1)59-53-28-13-9-22-45(53)46-32-31-41(36-55(46)59)58(40-30-29-37-15-4-5-16-38(37)35-40)54-34-33-52-56-47(23-14-24-48(54)56)44-21-8-12-27-51(44)57(52)49-25-10-6-19-42(49)43-20-7-11-26-50(43)57/h1-36H/i6D,10D,19D,25D. The summed E-state index contributed by atoms with van der Waals surface area (Å²) in [4.78, 5) is 2.39. The highest BCUT2D eigenvalue weighted by Gasteiger charge is 2.50. The van der Waals surface area contributed by atoms with Crippen molar-refractivity contribution in [3.63, 3.8) is 0 Å². The second kappa shape index (κ2) is 12.2. The average Bonchev–Trinajstić information content (AvgIpc) is 3.83. The van der Waals surface area contributed by atoms with Crippen LogP contribution in [0.1, 0.15) is 27.7 Å². The highest BCUT2D eigenvalue weighted by Crippen LogP contribution is 2.62. The first-order valence-electron chi connectivity index (χ1n) is 22.2. The predicted octanol–water partition coefficient (Wildman–Crippen LogP) is 14.9. The molecule has 0 saturated heterocycles. The van der Waals surface area contributed by atoms with Crippen LogP contribution < -0.4 is 4.90 Å². The summed E-state index contributed by atoms with van der Waals surface area (Å²) in [5.74, 6) is 0. The van der Waals surface area contributed by atoms with Gasteiger partial charge in [-0.05, 0) is 109 Å². The Labute approximate surface area is 348 Å². The molecule has 1 aromatic heterocycles. The van der Waals surface area contributed by atoms with Crippen LogP contribution in [0.15, 0.2) is 218 Å². The van der Waals surface area contributed by atoms with Gasteiger partial charge in [0.25, 0.3) is 0 Å². The second-order valence-corrected chi connectivity index (χ2v) is 15.7. The fraction of sp³-hybridized carbons (Fsp3) is 0.0175. The lowest BCUT2D eigenvalue weighted by molar-refractivity contribution is 0.773. The number of benzene rings is 10. The minimum Gasteiger partial charge on any atom is -0.310 e. The van der Waals surface area contributed by atoms with E-state index in [0.29, 0.717) is 11.1 Å². The summed E-state index contributed by atoms with van der Waals surface area (Å²) in [6.45, 7) is 0. The first kappa shape index (κ1) is 28.7. The fourth-order valence-corrected chi connectivity index (χ4v) is 10.5. The van der Waals surface area contributed by atoms with Gasteiger partial charge in [-0.25, -0.2) is 0 Å². The molecule has 0 radical (unpaired) electrons. The molecule has 11 aromatic rings. The Hall–Kier alpha value is -7.68. The molecular weight excluding hydrogens is 713 g/mol. The van der Waals surface area contributed by atoms with Crippen LogP contribution in [0, 0.1) is 0 Å². The van der Waals surface area contributed by atoms with Crippen molar-refractivity contribution in [1.29, 1.82) is 0 Å². The molecule has 2 heteroatoms. The lowest BCUT2D eigenvalue weighted by Crippen LogP contribution is -2.32. The summed E-state index contributed by atoms with van der Waals surface area (Å²) < 4.78 is 39.2. The summed E-state index contributed by atoms with van der Waals surface area (Å²) >= 11 is 0. The van der Waals surface area contributed by atoms with Crippen LogP contribution in [0.25, 0.3) is 71.3 Å². The summed E-state index contributed by atoms with van der Waals surface area (Å²) in [6, 6.07) is 68.4. The molecule has 59 heavy (non-hydrogen) atoms. The van der Waals surface area contributed by atoms with Gasteiger partial charge in [-0.1, -0.05) is 170 Å². The quantitative estimate of drug-likeness (QED) is 0.174. The van der Waals surface area contributed by atoms with E-state index >= 15 is 0 Å². The van der Waals surface area contributed by atoms with Gasteiger partial charge in [-0.2, -0.15) is 0 Å². The Bertz CT molecular complexity index is 3760. The zero-order valence-electron chi connectivity index (χ0n) is 35.9. The van der Waals surface area contributed by atoms with Crippen LogP contribution in [0.5, 0.6) is 0 Å². The van der Waals surface area contributed by atoms with E-state index in [1.54, 1.807) is 0 Å². The van der Waals surface area contributed by atoms with Gasteiger partial charge < -0.3 is 9.47 Å². The van der Waals surface area contributed by atoms with Gasteiger partial charge in [0.05, 0.1) is 27.6 Å². The molecule has 274 valence electrons. The Morgan fingerprint density at radius 2 is 1.05 bits per heavy atom. The van der Waals surface area contributed by atoms with Crippen LogP contribution in [-0.4, -0.2) is 4.57 Å². The molecule has 2 nitrogen and oxygen atoms in total. The molecule has 1 unspecified atom stereocenters. The number of para-hydroxylation sites is 2. The Morgan fingerprint density at radius 1 is 0.407 bits per heavy atom. The van der Waals surface area contributed by atoms with E-state index in [2.05, 4.69) is 185 Å². The molecule has 13 rings (SSSR count). The molecular formula is C57H36N2. The van der Waals surface area contributed by atoms with Crippen molar-refractivity contribution in [2.75, 3.05) is 4.90 Å². The number of fused-ring (bicyclic) bond motifs is 13. The average molecular weight is 753 g/mol. The lowest BCUT2D eigenvalue weighted by atomic mass is 9.61. The molecule has 0 saturated carbocycles. The summed E-state index contributed by atoms with van der Waals surface area (Å²) in [6.07, 6.45) is 0. The summed E-state index contributed by atoms with van der Waals surface area (Å²) in [7, 11) is 0. The molecule has 10 aromatic carbocycles. The molecule has 0 bridgehead atoms. The number of rotatable bonds is 4. The molecule has 0 fully saturated rings. The van der Waals surface area contributed by atoms with Crippen molar-refractivity contribution in [1.82, 2.24) is 4.57 Å². The van der Waals surface area contributed by atoms with Gasteiger partial charge in [-0.15, -0.1) is 0 Å². The van der Waals surface area contributed by atoms with Gasteiger partial charge in [0.15, 0.2) is 0 Å². The molecule has 2 aliphatic carbocycles. The summed E-state index contributed by atoms with van der Waals surface area (Å²) in [5.41, 5.74) is 12.5. The van der Waals surface area contributed by atoms with E-state index < -0.39 is 5.41 Å². The molecule has 0 aliphatic heterocycles. The normalized spacial score (nSPS) is 15.8. The molecule has 0 N–H and O–H groups in total. The van der Waals surface area contributed by atoms with Gasteiger partial charge >= 0.3 is 0 Å². The van der Waals surface area contributed by atoms with Gasteiger partial charge in [-0.3, -0.25) is 0 Å². The number of anilines is 3.